The molecule has 3 rings (SSSR count). The second kappa shape index (κ2) is 7.01. The van der Waals surface area contributed by atoms with Gasteiger partial charge in [-0.3, -0.25) is 9.59 Å². The zero-order valence-corrected chi connectivity index (χ0v) is 13.6. The van der Waals surface area contributed by atoms with E-state index in [9.17, 15) is 14.0 Å². The van der Waals surface area contributed by atoms with E-state index in [-0.39, 0.29) is 24.2 Å². The molecule has 1 fully saturated rings. The lowest BCUT2D eigenvalue weighted by molar-refractivity contribution is -0.132. The molecule has 24 heavy (non-hydrogen) atoms. The number of benzene rings is 2. The number of halogens is 2. The lowest BCUT2D eigenvalue weighted by atomic mass is 10.1. The van der Waals surface area contributed by atoms with Gasteiger partial charge in [-0.2, -0.15) is 0 Å². The van der Waals surface area contributed by atoms with Crippen LogP contribution in [0.2, 0.25) is 5.02 Å². The molecule has 1 N–H and O–H groups in total. The van der Waals surface area contributed by atoms with Crippen molar-refractivity contribution in [3.05, 3.63) is 64.9 Å². The second-order valence-electron chi connectivity index (χ2n) is 5.65. The predicted octanol–water partition coefficient (Wildman–Crippen LogP) is 3.15. The van der Waals surface area contributed by atoms with Crippen LogP contribution in [0.15, 0.2) is 48.5 Å². The standard InChI is InChI=1S/C18H16ClFN2O2/c19-13-3-7-15(8-4-13)22-10-9-16(18(22)24)17(23)21-11-12-1-5-14(20)6-2-12/h1-8,16H,9-11H2,(H,21,23)/t16-/m1/s1. The van der Waals surface area contributed by atoms with E-state index >= 15 is 0 Å². The molecule has 0 unspecified atom stereocenters. The molecule has 0 spiro atoms. The molecule has 6 heteroatoms. The molecule has 124 valence electrons. The summed E-state index contributed by atoms with van der Waals surface area (Å²) < 4.78 is 12.9. The third-order valence-corrected chi connectivity index (χ3v) is 4.29. The van der Waals surface area contributed by atoms with Crippen molar-refractivity contribution in [2.45, 2.75) is 13.0 Å². The largest absolute Gasteiger partial charge is 0.351 e. The van der Waals surface area contributed by atoms with Crippen molar-refractivity contribution in [2.75, 3.05) is 11.4 Å². The minimum atomic E-state index is -0.693. The zero-order valence-electron chi connectivity index (χ0n) is 12.8. The molecule has 0 radical (unpaired) electrons. The maximum Gasteiger partial charge on any atom is 0.239 e. The first-order valence-corrected chi connectivity index (χ1v) is 8.01. The number of nitrogens with one attached hydrogen (secondary N) is 1. The first kappa shape index (κ1) is 16.5. The molecule has 0 aromatic heterocycles. The van der Waals surface area contributed by atoms with E-state index in [4.69, 9.17) is 11.6 Å². The molecule has 0 bridgehead atoms. The Hall–Kier alpha value is -2.40. The summed E-state index contributed by atoms with van der Waals surface area (Å²) in [5, 5.41) is 3.34. The summed E-state index contributed by atoms with van der Waals surface area (Å²) in [6.45, 7) is 0.763. The van der Waals surface area contributed by atoms with Crippen molar-refractivity contribution < 1.29 is 14.0 Å². The summed E-state index contributed by atoms with van der Waals surface area (Å²) in [6, 6.07) is 12.8. The highest BCUT2D eigenvalue weighted by molar-refractivity contribution is 6.30. The summed E-state index contributed by atoms with van der Waals surface area (Å²) in [5.74, 6) is -1.54. The van der Waals surface area contributed by atoms with Crippen LogP contribution < -0.4 is 10.2 Å². The van der Waals surface area contributed by atoms with Gasteiger partial charge in [0.25, 0.3) is 0 Å². The van der Waals surface area contributed by atoms with Crippen LogP contribution in [0.5, 0.6) is 0 Å². The van der Waals surface area contributed by atoms with Gasteiger partial charge in [0.2, 0.25) is 11.8 Å². The molecule has 1 aliphatic heterocycles. The Bertz CT molecular complexity index is 747. The first-order chi connectivity index (χ1) is 11.5. The Labute approximate surface area is 144 Å². The van der Waals surface area contributed by atoms with E-state index in [1.807, 2.05) is 0 Å². The van der Waals surface area contributed by atoms with Gasteiger partial charge in [0.15, 0.2) is 0 Å². The number of amides is 2. The van der Waals surface area contributed by atoms with Crippen LogP contribution in [0.4, 0.5) is 10.1 Å². The predicted molar refractivity (Wildman–Crippen MR) is 90.2 cm³/mol. The molecule has 0 saturated carbocycles. The lowest BCUT2D eigenvalue weighted by Crippen LogP contribution is -2.36. The number of hydrogen-bond acceptors (Lipinski definition) is 2. The molecule has 4 nitrogen and oxygen atoms in total. The maximum absolute atomic E-state index is 12.9. The number of anilines is 1. The van der Waals surface area contributed by atoms with Gasteiger partial charge in [0, 0.05) is 23.8 Å². The van der Waals surface area contributed by atoms with Gasteiger partial charge in [-0.15, -0.1) is 0 Å². The third-order valence-electron chi connectivity index (χ3n) is 4.04. The smallest absolute Gasteiger partial charge is 0.239 e. The van der Waals surface area contributed by atoms with Gasteiger partial charge in [-0.25, -0.2) is 4.39 Å². The Morgan fingerprint density at radius 2 is 1.83 bits per heavy atom. The number of carbonyl (C=O) groups excluding carboxylic acids is 2. The molecule has 2 aromatic carbocycles. The maximum atomic E-state index is 12.9. The molecular formula is C18H16ClFN2O2. The SMILES string of the molecule is O=C(NCc1ccc(F)cc1)[C@H]1CCN(c2ccc(Cl)cc2)C1=O. The summed E-state index contributed by atoms with van der Waals surface area (Å²) in [7, 11) is 0. The Kier molecular flexibility index (Phi) is 4.81. The van der Waals surface area contributed by atoms with Crippen LogP contribution in [0.1, 0.15) is 12.0 Å². The molecule has 1 heterocycles. The van der Waals surface area contributed by atoms with E-state index in [1.165, 1.54) is 12.1 Å². The minimum Gasteiger partial charge on any atom is -0.351 e. The summed E-state index contributed by atoms with van der Waals surface area (Å²) in [4.78, 5) is 26.3. The van der Waals surface area contributed by atoms with E-state index in [1.54, 1.807) is 41.3 Å². The van der Waals surface area contributed by atoms with Crippen LogP contribution in [0.3, 0.4) is 0 Å². The Morgan fingerprint density at radius 1 is 1.17 bits per heavy atom. The van der Waals surface area contributed by atoms with Gasteiger partial charge in [0.05, 0.1) is 0 Å². The molecule has 2 aromatic rings. The minimum absolute atomic E-state index is 0.214. The molecule has 1 atom stereocenters. The van der Waals surface area contributed by atoms with Gasteiger partial charge < -0.3 is 10.2 Å². The molecule has 0 aliphatic carbocycles. The second-order valence-corrected chi connectivity index (χ2v) is 6.09. The van der Waals surface area contributed by atoms with Gasteiger partial charge in [-0.1, -0.05) is 23.7 Å². The van der Waals surface area contributed by atoms with Crippen LogP contribution in [-0.4, -0.2) is 18.4 Å². The van der Waals surface area contributed by atoms with Crippen molar-refractivity contribution >= 4 is 29.1 Å². The summed E-state index contributed by atoms with van der Waals surface area (Å²) in [5.41, 5.74) is 1.52. The van der Waals surface area contributed by atoms with E-state index in [0.29, 0.717) is 18.0 Å². The highest BCUT2D eigenvalue weighted by atomic mass is 35.5. The fourth-order valence-electron chi connectivity index (χ4n) is 2.72. The normalized spacial score (nSPS) is 17.2. The topological polar surface area (TPSA) is 49.4 Å². The van der Waals surface area contributed by atoms with Crippen molar-refractivity contribution in [3.63, 3.8) is 0 Å². The van der Waals surface area contributed by atoms with E-state index in [0.717, 1.165) is 11.3 Å². The lowest BCUT2D eigenvalue weighted by Gasteiger charge is -2.16. The van der Waals surface area contributed by atoms with E-state index < -0.39 is 5.92 Å². The molecule has 2 amide bonds. The Morgan fingerprint density at radius 3 is 2.50 bits per heavy atom. The van der Waals surface area contributed by atoms with Gasteiger partial charge in [0.1, 0.15) is 11.7 Å². The molecule has 1 aliphatic rings. The number of rotatable bonds is 4. The van der Waals surface area contributed by atoms with Crippen LogP contribution >= 0.6 is 11.6 Å². The average molecular weight is 347 g/mol. The summed E-state index contributed by atoms with van der Waals surface area (Å²) >= 11 is 5.85. The third kappa shape index (κ3) is 3.57. The van der Waals surface area contributed by atoms with Crippen molar-refractivity contribution in [1.29, 1.82) is 0 Å². The molecular weight excluding hydrogens is 331 g/mol. The van der Waals surface area contributed by atoms with Gasteiger partial charge in [-0.05, 0) is 48.4 Å². The van der Waals surface area contributed by atoms with Gasteiger partial charge >= 0.3 is 0 Å². The average Bonchev–Trinajstić information content (AvgIpc) is 2.96. The Balaban J connectivity index is 1.61. The highest BCUT2D eigenvalue weighted by Gasteiger charge is 2.37. The number of carbonyl (C=O) groups is 2. The zero-order chi connectivity index (χ0) is 17.1. The quantitative estimate of drug-likeness (QED) is 0.865. The fraction of sp³-hybridized carbons (Fsp3) is 0.222. The van der Waals surface area contributed by atoms with Crippen LogP contribution in [-0.2, 0) is 16.1 Å². The number of hydrogen-bond donors (Lipinski definition) is 1. The number of nitrogens with zero attached hydrogens (tertiary/aromatic N) is 1. The van der Waals surface area contributed by atoms with Crippen molar-refractivity contribution in [1.82, 2.24) is 5.32 Å². The van der Waals surface area contributed by atoms with Crippen LogP contribution in [0.25, 0.3) is 0 Å². The monoisotopic (exact) mass is 346 g/mol. The van der Waals surface area contributed by atoms with Crippen LogP contribution in [0, 0.1) is 11.7 Å². The summed E-state index contributed by atoms with van der Waals surface area (Å²) in [6.07, 6.45) is 0.469. The van der Waals surface area contributed by atoms with Crippen molar-refractivity contribution in [2.24, 2.45) is 5.92 Å². The van der Waals surface area contributed by atoms with E-state index in [2.05, 4.69) is 5.32 Å². The highest BCUT2D eigenvalue weighted by Crippen LogP contribution is 2.26. The first-order valence-electron chi connectivity index (χ1n) is 7.64. The van der Waals surface area contributed by atoms with Crippen molar-refractivity contribution in [3.8, 4) is 0 Å². The molecule has 1 saturated heterocycles. The fourth-order valence-corrected chi connectivity index (χ4v) is 2.84.